The van der Waals surface area contributed by atoms with E-state index in [0.717, 1.165) is 69.9 Å². The van der Waals surface area contributed by atoms with Crippen LogP contribution in [0.25, 0.3) is 98.2 Å². The van der Waals surface area contributed by atoms with Gasteiger partial charge in [0.25, 0.3) is 0 Å². The third-order valence-corrected chi connectivity index (χ3v) is 10.1. The van der Waals surface area contributed by atoms with Gasteiger partial charge < -0.3 is 4.42 Å². The van der Waals surface area contributed by atoms with Crippen LogP contribution in [0.1, 0.15) is 0 Å². The van der Waals surface area contributed by atoms with Crippen molar-refractivity contribution in [3.63, 3.8) is 0 Å². The zero-order valence-corrected chi connectivity index (χ0v) is 26.3. The summed E-state index contributed by atoms with van der Waals surface area (Å²) >= 11 is 1.74. The van der Waals surface area contributed by atoms with Crippen LogP contribution in [0.15, 0.2) is 144 Å². The van der Waals surface area contributed by atoms with Crippen molar-refractivity contribution in [3.8, 4) is 45.3 Å². The molecule has 0 aliphatic carbocycles. The molecule has 5 heteroatoms. The normalized spacial score (nSPS) is 11.6. The summed E-state index contributed by atoms with van der Waals surface area (Å²) in [5.74, 6) is 1.83. The van der Waals surface area contributed by atoms with Crippen molar-refractivity contribution in [3.05, 3.63) is 152 Å². The highest BCUT2D eigenvalue weighted by atomic mass is 32.1. The lowest BCUT2D eigenvalue weighted by atomic mass is 9.99. The van der Waals surface area contributed by atoms with Crippen LogP contribution in [0, 0.1) is 12.1 Å². The number of hydrogen-bond acceptors (Lipinski definition) is 5. The SMILES string of the molecule is c1ccc2sc3cccc(-c4nc(-c5ccccc5)nc(-c5cccc6oc7cc(-c8ccc9ccccc9c8)ccc7c56)n4)c3c2c#1. The number of rotatable bonds is 4. The molecule has 0 atom stereocenters. The average molecular weight is 630 g/mol. The summed E-state index contributed by atoms with van der Waals surface area (Å²) in [6.45, 7) is 0. The molecule has 4 nitrogen and oxygen atoms in total. The van der Waals surface area contributed by atoms with Gasteiger partial charge in [0.1, 0.15) is 11.2 Å². The van der Waals surface area contributed by atoms with Crippen molar-refractivity contribution in [1.82, 2.24) is 15.0 Å². The molecule has 0 spiro atoms. The maximum absolute atomic E-state index is 6.51. The molecule has 0 N–H and O–H groups in total. The van der Waals surface area contributed by atoms with Crippen LogP contribution in [0.2, 0.25) is 0 Å². The monoisotopic (exact) mass is 629 g/mol. The van der Waals surface area contributed by atoms with E-state index in [2.05, 4.69) is 103 Å². The molecule has 48 heavy (non-hydrogen) atoms. The summed E-state index contributed by atoms with van der Waals surface area (Å²) < 4.78 is 8.83. The first-order valence-electron chi connectivity index (χ1n) is 15.8. The molecule has 0 bridgehead atoms. The fraction of sp³-hybridized carbons (Fsp3) is 0. The van der Waals surface area contributed by atoms with Crippen molar-refractivity contribution in [1.29, 1.82) is 0 Å². The average Bonchev–Trinajstić information content (AvgIpc) is 3.73. The molecule has 3 aromatic heterocycles. The minimum atomic E-state index is 0.595. The summed E-state index contributed by atoms with van der Waals surface area (Å²) in [5.41, 5.74) is 6.63. The molecular formula is C43H23N3OS. The van der Waals surface area contributed by atoms with Gasteiger partial charge >= 0.3 is 0 Å². The molecule has 0 aliphatic heterocycles. The number of benzene rings is 6. The number of hydrogen-bond donors (Lipinski definition) is 0. The number of nitrogens with zero attached hydrogens (tertiary/aromatic N) is 3. The Morgan fingerprint density at radius 3 is 2.10 bits per heavy atom. The Balaban J connectivity index is 1.19. The van der Waals surface area contributed by atoms with E-state index in [9.17, 15) is 0 Å². The number of aromatic nitrogens is 3. The van der Waals surface area contributed by atoms with Crippen LogP contribution in [-0.4, -0.2) is 15.0 Å². The lowest BCUT2D eigenvalue weighted by Crippen LogP contribution is -2.00. The molecule has 10 aromatic rings. The first kappa shape index (κ1) is 26.8. The maximum atomic E-state index is 6.51. The summed E-state index contributed by atoms with van der Waals surface area (Å²) in [6, 6.07) is 54.4. The lowest BCUT2D eigenvalue weighted by Gasteiger charge is -2.10. The Morgan fingerprint density at radius 2 is 1.23 bits per heavy atom. The van der Waals surface area contributed by atoms with E-state index in [0.29, 0.717) is 17.5 Å². The van der Waals surface area contributed by atoms with Gasteiger partial charge in [-0.05, 0) is 64.4 Å². The van der Waals surface area contributed by atoms with E-state index in [4.69, 9.17) is 19.4 Å². The molecule has 0 unspecified atom stereocenters. The molecule has 0 saturated heterocycles. The smallest absolute Gasteiger partial charge is 0.164 e. The quantitative estimate of drug-likeness (QED) is 0.194. The van der Waals surface area contributed by atoms with Crippen molar-refractivity contribution in [2.75, 3.05) is 0 Å². The topological polar surface area (TPSA) is 51.8 Å². The second kappa shape index (κ2) is 10.6. The van der Waals surface area contributed by atoms with Gasteiger partial charge in [0.05, 0.1) is 5.39 Å². The predicted molar refractivity (Wildman–Crippen MR) is 197 cm³/mol. The van der Waals surface area contributed by atoms with E-state index < -0.39 is 0 Å². The molecular weight excluding hydrogens is 607 g/mol. The lowest BCUT2D eigenvalue weighted by molar-refractivity contribution is 0.669. The van der Waals surface area contributed by atoms with Crippen molar-refractivity contribution in [2.24, 2.45) is 0 Å². The molecule has 0 saturated carbocycles. The standard InChI is InChI=1S/C43H23N3OS/c1-2-11-27(12-3-1)41-44-42(46-43(45-41)34-16-9-19-38-40(34)32-14-6-7-18-37(32)48-38)33-15-8-17-35-39(33)31-23-22-30(25-36(31)47-35)29-21-20-26-10-4-5-13-28(26)24-29/h1-5,7-13,15-25H. The highest BCUT2D eigenvalue weighted by Gasteiger charge is 2.20. The minimum absolute atomic E-state index is 0.595. The van der Waals surface area contributed by atoms with Crippen LogP contribution in [0.4, 0.5) is 0 Å². The van der Waals surface area contributed by atoms with E-state index in [1.165, 1.54) is 10.8 Å². The first-order valence-corrected chi connectivity index (χ1v) is 16.6. The van der Waals surface area contributed by atoms with Gasteiger partial charge in [0, 0.05) is 42.2 Å². The van der Waals surface area contributed by atoms with Crippen molar-refractivity contribution >= 4 is 64.2 Å². The maximum Gasteiger partial charge on any atom is 0.164 e. The Morgan fingerprint density at radius 1 is 0.500 bits per heavy atom. The minimum Gasteiger partial charge on any atom is -0.456 e. The highest BCUT2D eigenvalue weighted by Crippen LogP contribution is 2.41. The van der Waals surface area contributed by atoms with Gasteiger partial charge in [-0.25, -0.2) is 15.0 Å². The molecule has 7 aromatic carbocycles. The van der Waals surface area contributed by atoms with Crippen molar-refractivity contribution < 1.29 is 4.42 Å². The highest BCUT2D eigenvalue weighted by molar-refractivity contribution is 7.25. The summed E-state index contributed by atoms with van der Waals surface area (Å²) in [6.07, 6.45) is 0. The summed E-state index contributed by atoms with van der Waals surface area (Å²) in [5, 5.41) is 6.55. The fourth-order valence-electron chi connectivity index (χ4n) is 6.72. The zero-order chi connectivity index (χ0) is 31.6. The Bertz CT molecular complexity index is 2850. The molecule has 10 rings (SSSR count). The number of fused-ring (bicyclic) bond motifs is 7. The van der Waals surface area contributed by atoms with Gasteiger partial charge in [-0.1, -0.05) is 109 Å². The zero-order valence-electron chi connectivity index (χ0n) is 25.4. The van der Waals surface area contributed by atoms with Crippen LogP contribution in [0.3, 0.4) is 0 Å². The summed E-state index contributed by atoms with van der Waals surface area (Å²) in [7, 11) is 0. The molecule has 0 amide bonds. The Kier molecular flexibility index (Phi) is 5.92. The van der Waals surface area contributed by atoms with Crippen LogP contribution < -0.4 is 0 Å². The molecule has 0 fully saturated rings. The third-order valence-electron chi connectivity index (χ3n) is 8.99. The number of thiophene rings is 1. The third kappa shape index (κ3) is 4.28. The van der Waals surface area contributed by atoms with E-state index in [1.54, 1.807) is 11.3 Å². The van der Waals surface area contributed by atoms with Gasteiger partial charge in [0.15, 0.2) is 17.5 Å². The second-order valence-electron chi connectivity index (χ2n) is 11.8. The largest absolute Gasteiger partial charge is 0.456 e. The molecule has 0 aliphatic rings. The van der Waals surface area contributed by atoms with Crippen LogP contribution in [0.5, 0.6) is 0 Å². The van der Waals surface area contributed by atoms with Crippen molar-refractivity contribution in [2.45, 2.75) is 0 Å². The Labute approximate surface area is 279 Å². The van der Waals surface area contributed by atoms with Gasteiger partial charge in [-0.2, -0.15) is 0 Å². The first-order chi connectivity index (χ1) is 23.8. The van der Waals surface area contributed by atoms with Gasteiger partial charge in [-0.15, -0.1) is 11.3 Å². The van der Waals surface area contributed by atoms with E-state index in [-0.39, 0.29) is 0 Å². The van der Waals surface area contributed by atoms with Crippen LogP contribution >= 0.6 is 11.3 Å². The van der Waals surface area contributed by atoms with Gasteiger partial charge in [-0.3, -0.25) is 0 Å². The van der Waals surface area contributed by atoms with Gasteiger partial charge in [0.2, 0.25) is 0 Å². The van der Waals surface area contributed by atoms with E-state index >= 15 is 0 Å². The molecule has 222 valence electrons. The van der Waals surface area contributed by atoms with E-state index in [1.807, 2.05) is 48.5 Å². The molecule has 3 heterocycles. The predicted octanol–water partition coefficient (Wildman–Crippen LogP) is 11.6. The fourth-order valence-corrected chi connectivity index (χ4v) is 7.81. The molecule has 0 radical (unpaired) electrons. The second-order valence-corrected chi connectivity index (χ2v) is 12.9. The Hall–Kier alpha value is -6.35. The number of furan rings is 1. The van der Waals surface area contributed by atoms with Crippen LogP contribution in [-0.2, 0) is 0 Å². The summed E-state index contributed by atoms with van der Waals surface area (Å²) in [4.78, 5) is 15.3.